The summed E-state index contributed by atoms with van der Waals surface area (Å²) in [6, 6.07) is -0.573. The van der Waals surface area contributed by atoms with Gasteiger partial charge in [-0.2, -0.15) is 0 Å². The van der Waals surface area contributed by atoms with E-state index in [-0.39, 0.29) is 5.92 Å². The average Bonchev–Trinajstić information content (AvgIpc) is 3.15. The maximum absolute atomic E-state index is 11.6. The van der Waals surface area contributed by atoms with E-state index in [1.54, 1.807) is 13.8 Å². The highest BCUT2D eigenvalue weighted by Crippen LogP contribution is 2.25. The van der Waals surface area contributed by atoms with Gasteiger partial charge in [0.15, 0.2) is 0 Å². The van der Waals surface area contributed by atoms with Crippen molar-refractivity contribution in [2.75, 3.05) is 19.6 Å². The van der Waals surface area contributed by atoms with Gasteiger partial charge in [-0.25, -0.2) is 9.59 Å². The fraction of sp³-hybridized carbons (Fsp3) is 0.846. The Morgan fingerprint density at radius 1 is 1.37 bits per heavy atom. The third-order valence-electron chi connectivity index (χ3n) is 3.37. The van der Waals surface area contributed by atoms with Crippen molar-refractivity contribution in [2.24, 2.45) is 5.92 Å². The largest absolute Gasteiger partial charge is 0.480 e. The van der Waals surface area contributed by atoms with Gasteiger partial charge >= 0.3 is 12.0 Å². The minimum atomic E-state index is -1.00. The summed E-state index contributed by atoms with van der Waals surface area (Å²) in [5.74, 6) is -1.14. The zero-order valence-electron chi connectivity index (χ0n) is 12.0. The maximum atomic E-state index is 11.6. The molecule has 1 aliphatic carbocycles. The molecule has 3 N–H and O–H groups in total. The summed E-state index contributed by atoms with van der Waals surface area (Å²) in [5, 5.41) is 14.2. The van der Waals surface area contributed by atoms with E-state index >= 15 is 0 Å². The number of carboxylic acids is 1. The monoisotopic (exact) mass is 271 g/mol. The Bertz CT molecular complexity index is 316. The highest BCUT2D eigenvalue weighted by Gasteiger charge is 2.27. The van der Waals surface area contributed by atoms with E-state index in [9.17, 15) is 9.59 Å². The van der Waals surface area contributed by atoms with Crippen molar-refractivity contribution in [3.63, 3.8) is 0 Å². The molecule has 0 aromatic rings. The summed E-state index contributed by atoms with van der Waals surface area (Å²) in [6.07, 6.45) is 2.49. The Hall–Kier alpha value is -1.30. The molecule has 1 atom stereocenters. The van der Waals surface area contributed by atoms with Crippen LogP contribution < -0.4 is 10.6 Å². The number of aliphatic carboxylic acids is 1. The van der Waals surface area contributed by atoms with Crippen LogP contribution in [0.1, 0.15) is 33.6 Å². The molecule has 110 valence electrons. The van der Waals surface area contributed by atoms with Crippen molar-refractivity contribution < 1.29 is 14.7 Å². The SMILES string of the molecule is CCN(CCNC(=O)N[C@H](C(=O)O)C(C)C)C1CC1. The molecule has 6 heteroatoms. The third-order valence-corrected chi connectivity index (χ3v) is 3.37. The Kier molecular flexibility index (Phi) is 6.08. The Balaban J connectivity index is 2.24. The highest BCUT2D eigenvalue weighted by molar-refractivity contribution is 5.82. The van der Waals surface area contributed by atoms with E-state index in [1.165, 1.54) is 12.8 Å². The fourth-order valence-corrected chi connectivity index (χ4v) is 2.06. The van der Waals surface area contributed by atoms with Crippen molar-refractivity contribution in [1.82, 2.24) is 15.5 Å². The molecule has 0 heterocycles. The van der Waals surface area contributed by atoms with Gasteiger partial charge in [-0.05, 0) is 25.3 Å². The number of amides is 2. The second kappa shape index (κ2) is 7.33. The highest BCUT2D eigenvalue weighted by atomic mass is 16.4. The van der Waals surface area contributed by atoms with Gasteiger partial charge in [0.25, 0.3) is 0 Å². The van der Waals surface area contributed by atoms with E-state index in [1.807, 2.05) is 0 Å². The van der Waals surface area contributed by atoms with E-state index in [0.717, 1.165) is 13.1 Å². The second-order valence-electron chi connectivity index (χ2n) is 5.32. The van der Waals surface area contributed by atoms with E-state index in [4.69, 9.17) is 5.11 Å². The first-order valence-electron chi connectivity index (χ1n) is 6.97. The van der Waals surface area contributed by atoms with Crippen LogP contribution >= 0.6 is 0 Å². The van der Waals surface area contributed by atoms with Crippen molar-refractivity contribution in [3.8, 4) is 0 Å². The molecule has 0 aromatic heterocycles. The minimum absolute atomic E-state index is 0.137. The Morgan fingerprint density at radius 2 is 2.00 bits per heavy atom. The molecular formula is C13H25N3O3. The normalized spacial score (nSPS) is 16.5. The zero-order chi connectivity index (χ0) is 14.4. The molecule has 0 saturated heterocycles. The van der Waals surface area contributed by atoms with E-state index in [2.05, 4.69) is 22.5 Å². The van der Waals surface area contributed by atoms with Gasteiger partial charge in [-0.1, -0.05) is 20.8 Å². The molecule has 1 saturated carbocycles. The van der Waals surface area contributed by atoms with E-state index in [0.29, 0.717) is 12.6 Å². The lowest BCUT2D eigenvalue weighted by Crippen LogP contribution is -2.49. The number of carboxylic acid groups (broad SMARTS) is 1. The number of rotatable bonds is 8. The summed E-state index contributed by atoms with van der Waals surface area (Å²) in [7, 11) is 0. The number of nitrogens with zero attached hydrogens (tertiary/aromatic N) is 1. The van der Waals surface area contributed by atoms with E-state index < -0.39 is 18.0 Å². The summed E-state index contributed by atoms with van der Waals surface area (Å²) in [4.78, 5) is 24.9. The van der Waals surface area contributed by atoms with Crippen LogP contribution in [0.4, 0.5) is 4.79 Å². The molecule has 19 heavy (non-hydrogen) atoms. The van der Waals surface area contributed by atoms with Crippen LogP contribution in [0.3, 0.4) is 0 Å². The predicted molar refractivity (Wildman–Crippen MR) is 73.1 cm³/mol. The van der Waals surface area contributed by atoms with Crippen LogP contribution in [-0.4, -0.2) is 53.7 Å². The van der Waals surface area contributed by atoms with Crippen molar-refractivity contribution >= 4 is 12.0 Å². The molecule has 0 spiro atoms. The van der Waals surface area contributed by atoms with Crippen LogP contribution in [0.15, 0.2) is 0 Å². The molecule has 1 fully saturated rings. The van der Waals surface area contributed by atoms with Gasteiger partial charge in [0.1, 0.15) is 6.04 Å². The van der Waals surface area contributed by atoms with Gasteiger partial charge in [-0.15, -0.1) is 0 Å². The smallest absolute Gasteiger partial charge is 0.326 e. The molecule has 0 bridgehead atoms. The summed E-state index contributed by atoms with van der Waals surface area (Å²) < 4.78 is 0. The summed E-state index contributed by atoms with van der Waals surface area (Å²) in [6.45, 7) is 7.99. The molecule has 0 radical (unpaired) electrons. The number of urea groups is 1. The lowest BCUT2D eigenvalue weighted by atomic mass is 10.1. The zero-order valence-corrected chi connectivity index (χ0v) is 12.0. The maximum Gasteiger partial charge on any atom is 0.326 e. The quantitative estimate of drug-likeness (QED) is 0.612. The third kappa shape index (κ3) is 5.46. The minimum Gasteiger partial charge on any atom is -0.480 e. The number of likely N-dealkylation sites (N-methyl/N-ethyl adjacent to an activating group) is 1. The van der Waals surface area contributed by atoms with Crippen LogP contribution in [0.25, 0.3) is 0 Å². The van der Waals surface area contributed by atoms with Crippen molar-refractivity contribution in [2.45, 2.75) is 45.7 Å². The average molecular weight is 271 g/mol. The fourth-order valence-electron chi connectivity index (χ4n) is 2.06. The molecule has 2 amide bonds. The summed E-state index contributed by atoms with van der Waals surface area (Å²) in [5.41, 5.74) is 0. The lowest BCUT2D eigenvalue weighted by Gasteiger charge is -2.21. The standard InChI is InChI=1S/C13H25N3O3/c1-4-16(10-5-6-10)8-7-14-13(19)15-11(9(2)3)12(17)18/h9-11H,4-8H2,1-3H3,(H,17,18)(H2,14,15,19)/t11-/m0/s1. The first-order chi connectivity index (χ1) is 8.95. The van der Waals surface area contributed by atoms with Crippen LogP contribution in [0, 0.1) is 5.92 Å². The van der Waals surface area contributed by atoms with Gasteiger partial charge in [-0.3, -0.25) is 4.90 Å². The van der Waals surface area contributed by atoms with Gasteiger partial charge < -0.3 is 15.7 Å². The molecule has 6 nitrogen and oxygen atoms in total. The molecule has 0 aromatic carbocycles. The van der Waals surface area contributed by atoms with Crippen molar-refractivity contribution in [3.05, 3.63) is 0 Å². The van der Waals surface area contributed by atoms with Crippen LogP contribution in [0.2, 0.25) is 0 Å². The number of hydrogen-bond acceptors (Lipinski definition) is 3. The number of nitrogens with one attached hydrogen (secondary N) is 2. The first kappa shape index (κ1) is 15.8. The van der Waals surface area contributed by atoms with Gasteiger partial charge in [0, 0.05) is 19.1 Å². The molecule has 0 unspecified atom stereocenters. The summed E-state index contributed by atoms with van der Waals surface area (Å²) >= 11 is 0. The topological polar surface area (TPSA) is 81.7 Å². The van der Waals surface area contributed by atoms with Crippen molar-refractivity contribution in [1.29, 1.82) is 0 Å². The second-order valence-corrected chi connectivity index (χ2v) is 5.32. The van der Waals surface area contributed by atoms with Crippen LogP contribution in [-0.2, 0) is 4.79 Å². The van der Waals surface area contributed by atoms with Gasteiger partial charge in [0.2, 0.25) is 0 Å². The molecule has 0 aliphatic heterocycles. The first-order valence-corrected chi connectivity index (χ1v) is 6.97. The predicted octanol–water partition coefficient (Wildman–Crippen LogP) is 0.879. The number of carbonyl (C=O) groups is 2. The van der Waals surface area contributed by atoms with Gasteiger partial charge in [0.05, 0.1) is 0 Å². The molecule has 1 aliphatic rings. The Labute approximate surface area is 114 Å². The number of hydrogen-bond donors (Lipinski definition) is 3. The lowest BCUT2D eigenvalue weighted by molar-refractivity contribution is -0.140. The van der Waals surface area contributed by atoms with Crippen LogP contribution in [0.5, 0.6) is 0 Å². The molecular weight excluding hydrogens is 246 g/mol. The number of carbonyl (C=O) groups excluding carboxylic acids is 1. The molecule has 1 rings (SSSR count). The Morgan fingerprint density at radius 3 is 2.42 bits per heavy atom.